The molecular formula is C46H29NOS. The molecule has 8 aromatic carbocycles. The average Bonchev–Trinajstić information content (AvgIpc) is 3.73. The topological polar surface area (TPSA) is 16.4 Å². The Bertz CT molecular complexity index is 2830. The van der Waals surface area contributed by atoms with Gasteiger partial charge in [0.25, 0.3) is 0 Å². The first-order chi connectivity index (χ1) is 24.3. The van der Waals surface area contributed by atoms with Gasteiger partial charge >= 0.3 is 0 Å². The number of fused-ring (bicyclic) bond motifs is 7. The normalized spacial score (nSPS) is 11.7. The summed E-state index contributed by atoms with van der Waals surface area (Å²) in [7, 11) is 0. The summed E-state index contributed by atoms with van der Waals surface area (Å²) in [6.07, 6.45) is 0. The van der Waals surface area contributed by atoms with Crippen molar-refractivity contribution in [2.45, 2.75) is 0 Å². The minimum absolute atomic E-state index is 0.873. The minimum Gasteiger partial charge on any atom is -0.454 e. The highest BCUT2D eigenvalue weighted by atomic mass is 32.1. The summed E-state index contributed by atoms with van der Waals surface area (Å²) in [6, 6.07) is 63.1. The van der Waals surface area contributed by atoms with Gasteiger partial charge in [0.15, 0.2) is 5.58 Å². The van der Waals surface area contributed by atoms with Gasteiger partial charge in [0.2, 0.25) is 0 Å². The van der Waals surface area contributed by atoms with Crippen LogP contribution in [0.2, 0.25) is 0 Å². The number of nitrogens with zero attached hydrogens (tertiary/aromatic N) is 1. The van der Waals surface area contributed by atoms with Crippen LogP contribution in [0.1, 0.15) is 0 Å². The zero-order valence-electron chi connectivity index (χ0n) is 26.5. The molecule has 10 rings (SSSR count). The van der Waals surface area contributed by atoms with Gasteiger partial charge in [0.1, 0.15) is 5.58 Å². The molecule has 3 heteroatoms. The van der Waals surface area contributed by atoms with E-state index >= 15 is 0 Å². The maximum atomic E-state index is 6.62. The molecular weight excluding hydrogens is 615 g/mol. The number of anilines is 3. The second kappa shape index (κ2) is 11.2. The number of furan rings is 1. The van der Waals surface area contributed by atoms with Gasteiger partial charge in [-0.2, -0.15) is 0 Å². The van der Waals surface area contributed by atoms with E-state index in [-0.39, 0.29) is 0 Å². The Kier molecular flexibility index (Phi) is 6.39. The SMILES string of the molecule is c1ccc(-c2ccccc2N(c2ccc(-c3cccc4sc5cc6ccccc6cc5c34)cc2)c2cccc3c2oc2ccccc23)cc1. The first-order valence-corrected chi connectivity index (χ1v) is 17.4. The molecule has 10 aromatic rings. The van der Waals surface area contributed by atoms with Crippen molar-refractivity contribution in [3.8, 4) is 22.3 Å². The maximum Gasteiger partial charge on any atom is 0.159 e. The number of thiophene rings is 1. The van der Waals surface area contributed by atoms with E-state index in [1.165, 1.54) is 47.6 Å². The molecule has 0 aliphatic carbocycles. The average molecular weight is 644 g/mol. The molecule has 0 spiro atoms. The van der Waals surface area contributed by atoms with E-state index in [0.717, 1.165) is 44.6 Å². The fourth-order valence-corrected chi connectivity index (χ4v) is 8.55. The second-order valence-electron chi connectivity index (χ2n) is 12.5. The molecule has 0 fully saturated rings. The molecule has 0 N–H and O–H groups in total. The van der Waals surface area contributed by atoms with Crippen molar-refractivity contribution in [1.82, 2.24) is 0 Å². The van der Waals surface area contributed by atoms with Crippen molar-refractivity contribution in [2.75, 3.05) is 4.90 Å². The molecule has 0 aliphatic rings. The standard InChI is InChI=1S/C46H29NOS/c1-2-12-30(13-3-1)35-16-6-8-20-40(35)47(41-21-10-19-38-37-17-7-9-22-42(37)48-46(38)41)34-26-24-31(25-27-34)36-18-11-23-43-45(36)39-28-32-14-4-5-15-33(32)29-44(39)49-43/h1-29H. The molecule has 0 aliphatic heterocycles. The van der Waals surface area contributed by atoms with E-state index < -0.39 is 0 Å². The van der Waals surface area contributed by atoms with Crippen molar-refractivity contribution in [3.05, 3.63) is 176 Å². The lowest BCUT2D eigenvalue weighted by Gasteiger charge is -2.28. The van der Waals surface area contributed by atoms with E-state index in [9.17, 15) is 0 Å². The Hall–Kier alpha value is -6.16. The van der Waals surface area contributed by atoms with Crippen molar-refractivity contribution < 1.29 is 4.42 Å². The van der Waals surface area contributed by atoms with Crippen molar-refractivity contribution in [3.63, 3.8) is 0 Å². The summed E-state index contributed by atoms with van der Waals surface area (Å²) < 4.78 is 9.24. The Morgan fingerprint density at radius 1 is 0.429 bits per heavy atom. The smallest absolute Gasteiger partial charge is 0.159 e. The van der Waals surface area contributed by atoms with Crippen molar-refractivity contribution >= 4 is 81.3 Å². The third-order valence-electron chi connectivity index (χ3n) is 9.65. The predicted octanol–water partition coefficient (Wildman–Crippen LogP) is 13.9. The molecule has 0 atom stereocenters. The molecule has 0 radical (unpaired) electrons. The highest BCUT2D eigenvalue weighted by Gasteiger charge is 2.22. The van der Waals surface area contributed by atoms with Crippen LogP contribution in [0.25, 0.3) is 75.1 Å². The molecule has 49 heavy (non-hydrogen) atoms. The number of benzene rings is 8. The molecule has 0 saturated heterocycles. The molecule has 0 amide bonds. The van der Waals surface area contributed by atoms with Gasteiger partial charge in [-0.15, -0.1) is 11.3 Å². The number of rotatable bonds is 5. The summed E-state index contributed by atoms with van der Waals surface area (Å²) in [5.74, 6) is 0. The zero-order valence-corrected chi connectivity index (χ0v) is 27.3. The van der Waals surface area contributed by atoms with Crippen LogP contribution in [0.5, 0.6) is 0 Å². The number of hydrogen-bond acceptors (Lipinski definition) is 3. The maximum absolute atomic E-state index is 6.62. The number of hydrogen-bond donors (Lipinski definition) is 0. The third-order valence-corrected chi connectivity index (χ3v) is 10.8. The van der Waals surface area contributed by atoms with Gasteiger partial charge < -0.3 is 9.32 Å². The summed E-state index contributed by atoms with van der Waals surface area (Å²) in [4.78, 5) is 2.35. The van der Waals surface area contributed by atoms with E-state index in [2.05, 4.69) is 169 Å². The Morgan fingerprint density at radius 2 is 1.08 bits per heavy atom. The molecule has 2 aromatic heterocycles. The van der Waals surface area contributed by atoms with Gasteiger partial charge in [-0.1, -0.05) is 127 Å². The lowest BCUT2D eigenvalue weighted by Crippen LogP contribution is -2.11. The van der Waals surface area contributed by atoms with Crippen LogP contribution in [-0.2, 0) is 0 Å². The van der Waals surface area contributed by atoms with Gasteiger partial charge in [-0.25, -0.2) is 0 Å². The summed E-state index contributed by atoms with van der Waals surface area (Å²) in [5.41, 5.74) is 9.69. The zero-order chi connectivity index (χ0) is 32.3. The van der Waals surface area contributed by atoms with Crippen molar-refractivity contribution in [1.29, 1.82) is 0 Å². The monoisotopic (exact) mass is 643 g/mol. The Balaban J connectivity index is 1.17. The van der Waals surface area contributed by atoms with Crippen LogP contribution < -0.4 is 4.90 Å². The van der Waals surface area contributed by atoms with Gasteiger partial charge in [-0.3, -0.25) is 0 Å². The molecule has 0 unspecified atom stereocenters. The van der Waals surface area contributed by atoms with E-state index in [1.807, 2.05) is 23.5 Å². The summed E-state index contributed by atoms with van der Waals surface area (Å²) in [5, 5.41) is 7.41. The second-order valence-corrected chi connectivity index (χ2v) is 13.6. The van der Waals surface area contributed by atoms with Crippen LogP contribution in [0.15, 0.2) is 180 Å². The van der Waals surface area contributed by atoms with Gasteiger partial charge in [0, 0.05) is 42.2 Å². The Labute approximate surface area is 287 Å². The highest BCUT2D eigenvalue weighted by molar-refractivity contribution is 7.26. The molecule has 0 bridgehead atoms. The largest absolute Gasteiger partial charge is 0.454 e. The molecule has 0 saturated carbocycles. The summed E-state index contributed by atoms with van der Waals surface area (Å²) in [6.45, 7) is 0. The lowest BCUT2D eigenvalue weighted by molar-refractivity contribution is 0.669. The first-order valence-electron chi connectivity index (χ1n) is 16.6. The predicted molar refractivity (Wildman–Crippen MR) is 210 cm³/mol. The Morgan fingerprint density at radius 3 is 1.96 bits per heavy atom. The third kappa shape index (κ3) is 4.55. The molecule has 2 nitrogen and oxygen atoms in total. The number of para-hydroxylation sites is 3. The van der Waals surface area contributed by atoms with Crippen LogP contribution in [0, 0.1) is 0 Å². The van der Waals surface area contributed by atoms with Gasteiger partial charge in [0.05, 0.1) is 11.4 Å². The van der Waals surface area contributed by atoms with Gasteiger partial charge in [-0.05, 0) is 76.0 Å². The minimum atomic E-state index is 0.873. The van der Waals surface area contributed by atoms with E-state index in [1.54, 1.807) is 0 Å². The highest BCUT2D eigenvalue weighted by Crippen LogP contribution is 2.46. The van der Waals surface area contributed by atoms with Crippen LogP contribution in [0.4, 0.5) is 17.1 Å². The first kappa shape index (κ1) is 27.9. The van der Waals surface area contributed by atoms with Crippen molar-refractivity contribution in [2.24, 2.45) is 0 Å². The fraction of sp³-hybridized carbons (Fsp3) is 0. The molecule has 230 valence electrons. The van der Waals surface area contributed by atoms with E-state index in [4.69, 9.17) is 4.42 Å². The lowest BCUT2D eigenvalue weighted by atomic mass is 9.97. The van der Waals surface area contributed by atoms with Crippen LogP contribution in [-0.4, -0.2) is 0 Å². The fourth-order valence-electron chi connectivity index (χ4n) is 7.39. The van der Waals surface area contributed by atoms with Crippen LogP contribution in [0.3, 0.4) is 0 Å². The van der Waals surface area contributed by atoms with E-state index in [0.29, 0.717) is 0 Å². The molecule has 2 heterocycles. The quantitative estimate of drug-likeness (QED) is 0.186. The van der Waals surface area contributed by atoms with Crippen LogP contribution >= 0.6 is 11.3 Å². The summed E-state index contributed by atoms with van der Waals surface area (Å²) >= 11 is 1.87.